The number of aromatic nitrogens is 1. The van der Waals surface area contributed by atoms with Gasteiger partial charge in [-0.3, -0.25) is 19.1 Å². The van der Waals surface area contributed by atoms with Gasteiger partial charge in [0.25, 0.3) is 5.56 Å². The van der Waals surface area contributed by atoms with Gasteiger partial charge in [-0.15, -0.1) is 0 Å². The zero-order valence-electron chi connectivity index (χ0n) is 22.4. The SMILES string of the molecule is CC(C)(N)C(=O)N1CCN(C(=O)Nc2ccn(-c3ccc(CN4CCC(N)CC4)cc3)c(=O)c2)[C@H](C(=O)O)C1. The number of aliphatic carboxylic acids is 1. The van der Waals surface area contributed by atoms with Crippen LogP contribution in [0.1, 0.15) is 32.3 Å². The third-order valence-corrected chi connectivity index (χ3v) is 7.19. The number of urea groups is 1. The monoisotopic (exact) mass is 539 g/mol. The number of benzene rings is 1. The van der Waals surface area contributed by atoms with Crippen LogP contribution in [0, 0.1) is 0 Å². The van der Waals surface area contributed by atoms with Crippen LogP contribution in [0.2, 0.25) is 0 Å². The van der Waals surface area contributed by atoms with Gasteiger partial charge in [0, 0.05) is 49.3 Å². The molecule has 1 aromatic carbocycles. The number of rotatable bonds is 6. The predicted octanol–water partition coefficient (Wildman–Crippen LogP) is 0.627. The summed E-state index contributed by atoms with van der Waals surface area (Å²) in [4.78, 5) is 55.1. The van der Waals surface area contributed by atoms with E-state index < -0.39 is 23.6 Å². The number of anilines is 1. The lowest BCUT2D eigenvalue weighted by Gasteiger charge is -2.41. The standard InChI is InChI=1S/C27H37N7O5/c1-27(2,29)25(38)32-13-14-34(22(17-32)24(36)37)26(39)30-20-9-12-33(23(35)15-20)21-5-3-18(4-6-21)16-31-10-7-19(28)8-11-31/h3-6,9,12,15,19,22H,7-8,10-11,13-14,16-17,28-29H2,1-2H3,(H,30,39)(H,36,37)/t22-/m0/s1. The molecule has 2 aromatic rings. The number of piperazine rings is 1. The summed E-state index contributed by atoms with van der Waals surface area (Å²) in [7, 11) is 0. The number of piperidine rings is 1. The normalized spacial score (nSPS) is 19.1. The smallest absolute Gasteiger partial charge is 0.328 e. The lowest BCUT2D eigenvalue weighted by Crippen LogP contribution is -2.63. The van der Waals surface area contributed by atoms with Crippen LogP contribution in [0.3, 0.4) is 0 Å². The molecule has 0 aliphatic carbocycles. The molecule has 12 nitrogen and oxygen atoms in total. The van der Waals surface area contributed by atoms with Crippen LogP contribution >= 0.6 is 0 Å². The fourth-order valence-corrected chi connectivity index (χ4v) is 4.93. The minimum Gasteiger partial charge on any atom is -0.480 e. The lowest BCUT2D eigenvalue weighted by molar-refractivity contribution is -0.148. The average Bonchev–Trinajstić information content (AvgIpc) is 2.89. The van der Waals surface area contributed by atoms with Crippen LogP contribution in [0.4, 0.5) is 10.5 Å². The van der Waals surface area contributed by atoms with Gasteiger partial charge in [-0.2, -0.15) is 0 Å². The molecule has 3 amide bonds. The molecule has 0 unspecified atom stereocenters. The number of carbonyl (C=O) groups is 3. The molecule has 12 heteroatoms. The van der Waals surface area contributed by atoms with Crippen molar-refractivity contribution < 1.29 is 19.5 Å². The number of hydrogen-bond donors (Lipinski definition) is 4. The van der Waals surface area contributed by atoms with Gasteiger partial charge < -0.3 is 31.7 Å². The third-order valence-electron chi connectivity index (χ3n) is 7.19. The first kappa shape index (κ1) is 28.3. The number of nitrogens with two attached hydrogens (primary N) is 2. The van der Waals surface area contributed by atoms with Crippen LogP contribution in [-0.2, 0) is 16.1 Å². The van der Waals surface area contributed by atoms with Crippen molar-refractivity contribution in [1.82, 2.24) is 19.3 Å². The molecule has 6 N–H and O–H groups in total. The maximum Gasteiger partial charge on any atom is 0.328 e. The van der Waals surface area contributed by atoms with Gasteiger partial charge >= 0.3 is 12.0 Å². The summed E-state index contributed by atoms with van der Waals surface area (Å²) in [6.07, 6.45) is 3.55. The van der Waals surface area contributed by atoms with Gasteiger partial charge in [-0.1, -0.05) is 12.1 Å². The molecular formula is C27H37N7O5. The number of nitrogens with one attached hydrogen (secondary N) is 1. The summed E-state index contributed by atoms with van der Waals surface area (Å²) < 4.78 is 1.47. The number of carboxylic acids is 1. The van der Waals surface area contributed by atoms with Gasteiger partial charge in [0.1, 0.15) is 6.04 Å². The van der Waals surface area contributed by atoms with Crippen molar-refractivity contribution in [2.24, 2.45) is 11.5 Å². The van der Waals surface area contributed by atoms with Gasteiger partial charge in [0.15, 0.2) is 0 Å². The van der Waals surface area contributed by atoms with Crippen LogP contribution in [-0.4, -0.2) is 92.6 Å². The summed E-state index contributed by atoms with van der Waals surface area (Å²) in [6.45, 7) is 5.87. The summed E-state index contributed by atoms with van der Waals surface area (Å²) >= 11 is 0. The van der Waals surface area contributed by atoms with Crippen LogP contribution in [0.25, 0.3) is 5.69 Å². The molecule has 1 atom stereocenters. The van der Waals surface area contributed by atoms with Crippen molar-refractivity contribution in [3.05, 3.63) is 58.5 Å². The van der Waals surface area contributed by atoms with E-state index in [9.17, 15) is 24.3 Å². The Morgan fingerprint density at radius 3 is 2.31 bits per heavy atom. The molecule has 1 aromatic heterocycles. The van der Waals surface area contributed by atoms with Gasteiger partial charge in [0.2, 0.25) is 5.91 Å². The molecule has 0 bridgehead atoms. The van der Waals surface area contributed by atoms with Gasteiger partial charge in [-0.05, 0) is 63.5 Å². The second kappa shape index (κ2) is 11.6. The molecule has 2 aliphatic rings. The maximum atomic E-state index is 12.9. The molecule has 3 heterocycles. The first-order chi connectivity index (χ1) is 18.4. The van der Waals surface area contributed by atoms with E-state index in [0.29, 0.717) is 5.69 Å². The van der Waals surface area contributed by atoms with Crippen molar-refractivity contribution >= 4 is 23.6 Å². The Bertz CT molecular complexity index is 1260. The number of amides is 3. The molecule has 2 fully saturated rings. The number of pyridine rings is 1. The second-order valence-electron chi connectivity index (χ2n) is 10.9. The molecule has 2 saturated heterocycles. The van der Waals surface area contributed by atoms with Crippen molar-refractivity contribution in [2.75, 3.05) is 38.0 Å². The summed E-state index contributed by atoms with van der Waals surface area (Å²) in [5, 5.41) is 12.3. The Morgan fingerprint density at radius 1 is 1.05 bits per heavy atom. The fourth-order valence-electron chi connectivity index (χ4n) is 4.93. The van der Waals surface area contributed by atoms with Crippen LogP contribution in [0.15, 0.2) is 47.4 Å². The molecule has 2 aliphatic heterocycles. The molecule has 0 radical (unpaired) electrons. The van der Waals surface area contributed by atoms with E-state index in [-0.39, 0.29) is 42.8 Å². The van der Waals surface area contributed by atoms with E-state index in [1.54, 1.807) is 26.1 Å². The molecule has 0 saturated carbocycles. The van der Waals surface area contributed by atoms with Gasteiger partial charge in [-0.25, -0.2) is 9.59 Å². The van der Waals surface area contributed by atoms with E-state index in [2.05, 4.69) is 10.2 Å². The van der Waals surface area contributed by atoms with E-state index in [1.165, 1.54) is 15.5 Å². The number of carboxylic acid groups (broad SMARTS) is 1. The third kappa shape index (κ3) is 6.83. The Balaban J connectivity index is 1.39. The Labute approximate surface area is 227 Å². The summed E-state index contributed by atoms with van der Waals surface area (Å²) in [5.74, 6) is -1.62. The second-order valence-corrected chi connectivity index (χ2v) is 10.9. The average molecular weight is 540 g/mol. The van der Waals surface area contributed by atoms with Crippen molar-refractivity contribution in [3.63, 3.8) is 0 Å². The largest absolute Gasteiger partial charge is 0.480 e. The predicted molar refractivity (Wildman–Crippen MR) is 147 cm³/mol. The van der Waals surface area contributed by atoms with Gasteiger partial charge in [0.05, 0.1) is 12.1 Å². The molecule has 4 rings (SSSR count). The Morgan fingerprint density at radius 2 is 1.72 bits per heavy atom. The molecule has 39 heavy (non-hydrogen) atoms. The highest BCUT2D eigenvalue weighted by atomic mass is 16.4. The summed E-state index contributed by atoms with van der Waals surface area (Å²) in [6, 6.07) is 8.99. The van der Waals surface area contributed by atoms with Crippen LogP contribution < -0.4 is 22.3 Å². The zero-order chi connectivity index (χ0) is 28.3. The molecule has 0 spiro atoms. The van der Waals surface area contributed by atoms with Crippen LogP contribution in [0.5, 0.6) is 0 Å². The topological polar surface area (TPSA) is 167 Å². The fraction of sp³-hybridized carbons (Fsp3) is 0.481. The lowest BCUT2D eigenvalue weighted by atomic mass is 10.0. The highest BCUT2D eigenvalue weighted by Gasteiger charge is 2.39. The highest BCUT2D eigenvalue weighted by molar-refractivity contribution is 5.93. The number of nitrogens with zero attached hydrogens (tertiary/aromatic N) is 4. The number of likely N-dealkylation sites (tertiary alicyclic amines) is 1. The zero-order valence-corrected chi connectivity index (χ0v) is 22.4. The Kier molecular flexibility index (Phi) is 8.38. The van der Waals surface area contributed by atoms with E-state index in [4.69, 9.17) is 11.5 Å². The number of hydrogen-bond acceptors (Lipinski definition) is 7. The van der Waals surface area contributed by atoms with Crippen molar-refractivity contribution in [2.45, 2.75) is 50.9 Å². The van der Waals surface area contributed by atoms with E-state index in [1.807, 2.05) is 24.3 Å². The van der Waals surface area contributed by atoms with E-state index >= 15 is 0 Å². The van der Waals surface area contributed by atoms with Crippen molar-refractivity contribution in [3.8, 4) is 5.69 Å². The van der Waals surface area contributed by atoms with Crippen molar-refractivity contribution in [1.29, 1.82) is 0 Å². The minimum atomic E-state index is -1.24. The quantitative estimate of drug-likeness (QED) is 0.415. The molecule has 210 valence electrons. The first-order valence-electron chi connectivity index (χ1n) is 13.1. The molecular weight excluding hydrogens is 502 g/mol. The first-order valence-corrected chi connectivity index (χ1v) is 13.1. The minimum absolute atomic E-state index is 0.0122. The summed E-state index contributed by atoms with van der Waals surface area (Å²) in [5.41, 5.74) is 12.4. The number of carbonyl (C=O) groups excluding carboxylic acids is 2. The maximum absolute atomic E-state index is 12.9. The highest BCUT2D eigenvalue weighted by Crippen LogP contribution is 2.18. The van der Waals surface area contributed by atoms with E-state index in [0.717, 1.165) is 42.9 Å². The Hall–Kier alpha value is -3.74.